The summed E-state index contributed by atoms with van der Waals surface area (Å²) in [5, 5.41) is 2.06. The Morgan fingerprint density at radius 3 is 1.90 bits per heavy atom. The Hall–Kier alpha value is -4.44. The summed E-state index contributed by atoms with van der Waals surface area (Å²) in [5.74, 6) is 1.23. The Bertz CT molecular complexity index is 2270. The number of fused-ring (bicyclic) bond motifs is 3. The molecule has 3 aromatic carbocycles. The Morgan fingerprint density at radius 1 is 0.608 bits per heavy atom. The zero-order valence-electron chi connectivity index (χ0n) is 31.4. The van der Waals surface area contributed by atoms with Crippen LogP contribution in [0.15, 0.2) is 89.6 Å². The van der Waals surface area contributed by atoms with Gasteiger partial charge in [0.2, 0.25) is 5.71 Å². The van der Waals surface area contributed by atoms with E-state index in [0.29, 0.717) is 23.5 Å². The van der Waals surface area contributed by atoms with Crippen molar-refractivity contribution in [3.63, 3.8) is 0 Å². The van der Waals surface area contributed by atoms with Gasteiger partial charge in [-0.15, -0.1) is 53.6 Å². The molecule has 51 heavy (non-hydrogen) atoms. The fraction of sp³-hybridized carbons (Fsp3) is 0.283. The first-order chi connectivity index (χ1) is 23.9. The van der Waals surface area contributed by atoms with Crippen LogP contribution in [0.3, 0.4) is 0 Å². The van der Waals surface area contributed by atoms with Gasteiger partial charge in [-0.05, 0) is 89.9 Å². The number of benzene rings is 3. The summed E-state index contributed by atoms with van der Waals surface area (Å²) < 4.78 is 6.45. The zero-order valence-corrected chi connectivity index (χ0v) is 33.8. The van der Waals surface area contributed by atoms with E-state index in [2.05, 4.69) is 147 Å². The first-order valence-corrected chi connectivity index (χ1v) is 17.7. The van der Waals surface area contributed by atoms with Crippen LogP contribution in [0.4, 0.5) is 0 Å². The number of rotatable bonds is 6. The van der Waals surface area contributed by atoms with Crippen LogP contribution in [0.5, 0.6) is 0 Å². The van der Waals surface area contributed by atoms with Crippen molar-refractivity contribution in [3.8, 4) is 33.8 Å². The van der Waals surface area contributed by atoms with E-state index < -0.39 is 0 Å². The molecule has 0 spiro atoms. The normalized spacial score (nSPS) is 11.3. The van der Waals surface area contributed by atoms with Crippen molar-refractivity contribution in [3.05, 3.63) is 136 Å². The van der Waals surface area contributed by atoms with Crippen molar-refractivity contribution in [2.24, 2.45) is 0 Å². The van der Waals surface area contributed by atoms with Gasteiger partial charge in [-0.2, -0.15) is 0 Å². The molecule has 0 bridgehead atoms. The molecular formula is C46H47IrN3O-2. The number of furan rings is 1. The number of nitrogens with zero attached hydrogens (tertiary/aromatic N) is 3. The summed E-state index contributed by atoms with van der Waals surface area (Å²) >= 11 is 0. The predicted octanol–water partition coefficient (Wildman–Crippen LogP) is 12.7. The van der Waals surface area contributed by atoms with Gasteiger partial charge >= 0.3 is 0 Å². The number of pyridine rings is 3. The average molecular weight is 850 g/mol. The molecule has 0 saturated heterocycles. The molecule has 0 aliphatic carbocycles. The van der Waals surface area contributed by atoms with Crippen LogP contribution in [-0.2, 0) is 20.1 Å². The Balaban J connectivity index is 0.000000264. The minimum absolute atomic E-state index is 0. The van der Waals surface area contributed by atoms with E-state index in [-0.39, 0.29) is 20.1 Å². The molecule has 4 heterocycles. The maximum atomic E-state index is 6.45. The molecule has 0 aliphatic rings. The molecule has 4 nitrogen and oxygen atoms in total. The molecule has 0 fully saturated rings. The van der Waals surface area contributed by atoms with Crippen LogP contribution in [0.1, 0.15) is 98.2 Å². The molecule has 0 unspecified atom stereocenters. The monoisotopic (exact) mass is 850 g/mol. The second-order valence-corrected chi connectivity index (χ2v) is 14.4. The maximum Gasteiger partial charge on any atom is 0.216 e. The van der Waals surface area contributed by atoms with E-state index in [9.17, 15) is 0 Å². The Kier molecular flexibility index (Phi) is 11.7. The minimum Gasteiger partial charge on any atom is -0.486 e. The quantitative estimate of drug-likeness (QED) is 0.156. The standard InChI is InChI=1S/C32H33N2O.C14H14N.Ir/c1-18(2)22-10-8-11-23(19(3)4)30(22)28-15-14-25-24-12-9-13-26(31(24)35-32(25)34-28)29-16-27(20(5)6)21(7)17-33-29;1-10-4-6-13(7-5-10)14-8-11(2)12(3)9-15-14;/h8-12,14-20H,1-7H3;4-6,8-9H,1-3H3;/q2*-1;. The molecule has 7 aromatic rings. The van der Waals surface area contributed by atoms with Gasteiger partial charge in [0, 0.05) is 43.4 Å². The third-order valence-corrected chi connectivity index (χ3v) is 9.57. The second-order valence-electron chi connectivity index (χ2n) is 14.4. The maximum absolute atomic E-state index is 6.45. The van der Waals surface area contributed by atoms with Gasteiger partial charge in [0.1, 0.15) is 0 Å². The van der Waals surface area contributed by atoms with Gasteiger partial charge in [-0.25, -0.2) is 4.98 Å². The number of hydrogen-bond donors (Lipinski definition) is 0. The SMILES string of the molecule is Cc1c[c-]c(-c2cc(C)c(C)cn2)cc1.Cc1cnc(-c2[c-]ccc3c2oc2nc(-c4c(C(C)C)cccc4C(C)C)ccc23)cc1C(C)C.[Ir]. The van der Waals surface area contributed by atoms with E-state index in [1.54, 1.807) is 0 Å². The summed E-state index contributed by atoms with van der Waals surface area (Å²) in [5.41, 5.74) is 16.3. The molecule has 0 aliphatic heterocycles. The third-order valence-electron chi connectivity index (χ3n) is 9.57. The van der Waals surface area contributed by atoms with Crippen LogP contribution >= 0.6 is 0 Å². The number of aromatic nitrogens is 3. The topological polar surface area (TPSA) is 51.8 Å². The summed E-state index contributed by atoms with van der Waals surface area (Å²) in [6.45, 7) is 21.7. The summed E-state index contributed by atoms with van der Waals surface area (Å²) in [7, 11) is 0. The molecular weight excluding hydrogens is 803 g/mol. The van der Waals surface area contributed by atoms with E-state index >= 15 is 0 Å². The predicted molar refractivity (Wildman–Crippen MR) is 209 cm³/mol. The van der Waals surface area contributed by atoms with Gasteiger partial charge in [-0.1, -0.05) is 95.3 Å². The van der Waals surface area contributed by atoms with Gasteiger partial charge in [0.05, 0.1) is 11.3 Å². The summed E-state index contributed by atoms with van der Waals surface area (Å²) in [4.78, 5) is 14.2. The minimum atomic E-state index is 0. The van der Waals surface area contributed by atoms with Crippen LogP contribution in [-0.4, -0.2) is 15.0 Å². The van der Waals surface area contributed by atoms with E-state index in [4.69, 9.17) is 14.4 Å². The first kappa shape index (κ1) is 37.8. The smallest absolute Gasteiger partial charge is 0.216 e. The van der Waals surface area contributed by atoms with Crippen LogP contribution in [0, 0.1) is 39.8 Å². The molecule has 0 saturated carbocycles. The second kappa shape index (κ2) is 15.8. The van der Waals surface area contributed by atoms with Gasteiger partial charge in [-0.3, -0.25) is 0 Å². The van der Waals surface area contributed by atoms with Crippen LogP contribution in [0.2, 0.25) is 0 Å². The summed E-state index contributed by atoms with van der Waals surface area (Å²) in [6.07, 6.45) is 3.87. The fourth-order valence-electron chi connectivity index (χ4n) is 6.53. The van der Waals surface area contributed by atoms with Crippen molar-refractivity contribution in [2.75, 3.05) is 0 Å². The van der Waals surface area contributed by atoms with Gasteiger partial charge in [0.15, 0.2) is 0 Å². The molecule has 0 N–H and O–H groups in total. The van der Waals surface area contributed by atoms with Crippen LogP contribution in [0.25, 0.3) is 55.8 Å². The fourth-order valence-corrected chi connectivity index (χ4v) is 6.53. The Morgan fingerprint density at radius 2 is 1.27 bits per heavy atom. The van der Waals surface area contributed by atoms with Crippen molar-refractivity contribution in [1.29, 1.82) is 0 Å². The first-order valence-electron chi connectivity index (χ1n) is 17.7. The van der Waals surface area contributed by atoms with Crippen LogP contribution < -0.4 is 0 Å². The van der Waals surface area contributed by atoms with Crippen molar-refractivity contribution < 1.29 is 24.5 Å². The van der Waals surface area contributed by atoms with Gasteiger partial charge in [0.25, 0.3) is 0 Å². The van der Waals surface area contributed by atoms with E-state index in [1.807, 2.05) is 24.5 Å². The molecule has 1 radical (unpaired) electrons. The van der Waals surface area contributed by atoms with Crippen molar-refractivity contribution in [1.82, 2.24) is 15.0 Å². The molecule has 5 heteroatoms. The molecule has 0 atom stereocenters. The van der Waals surface area contributed by atoms with Crippen molar-refractivity contribution in [2.45, 2.75) is 87.0 Å². The summed E-state index contributed by atoms with van der Waals surface area (Å²) in [6, 6.07) is 32.0. The third kappa shape index (κ3) is 7.91. The average Bonchev–Trinajstić information content (AvgIpc) is 3.48. The molecule has 263 valence electrons. The van der Waals surface area contributed by atoms with E-state index in [0.717, 1.165) is 44.6 Å². The largest absolute Gasteiger partial charge is 0.486 e. The molecule has 7 rings (SSSR count). The zero-order chi connectivity index (χ0) is 35.7. The van der Waals surface area contributed by atoms with Gasteiger partial charge < -0.3 is 14.4 Å². The van der Waals surface area contributed by atoms with Crippen molar-refractivity contribution >= 4 is 22.1 Å². The molecule has 4 aromatic heterocycles. The molecule has 0 amide bonds. The number of hydrogen-bond acceptors (Lipinski definition) is 4. The van der Waals surface area contributed by atoms with E-state index in [1.165, 1.54) is 44.5 Å². The Labute approximate surface area is 317 Å². The number of aryl methyl sites for hydroxylation is 4.